The molecule has 1 fully saturated rings. The van der Waals surface area contributed by atoms with E-state index in [-0.39, 0.29) is 5.54 Å². The molecule has 0 amide bonds. The minimum atomic E-state index is 0.0695. The number of hydrogen-bond acceptors (Lipinski definition) is 4. The van der Waals surface area contributed by atoms with Crippen LogP contribution in [0.2, 0.25) is 0 Å². The van der Waals surface area contributed by atoms with Crippen molar-refractivity contribution in [2.45, 2.75) is 50.5 Å². The normalized spacial score (nSPS) is 19.1. The standard InChI is InChI=1S/C13H20N2OS/c1-14-13(5-3-2-4-6-13)8-11(16)7-12-9-15-10-17-12/h9-10,14H,2-8H2,1H3. The van der Waals surface area contributed by atoms with Gasteiger partial charge in [-0.05, 0) is 19.9 Å². The van der Waals surface area contributed by atoms with Gasteiger partial charge in [0.05, 0.1) is 5.51 Å². The van der Waals surface area contributed by atoms with E-state index in [9.17, 15) is 4.79 Å². The van der Waals surface area contributed by atoms with E-state index in [0.717, 1.165) is 17.7 Å². The summed E-state index contributed by atoms with van der Waals surface area (Å²) in [6.07, 6.45) is 9.09. The number of rotatable bonds is 5. The Kier molecular flexibility index (Phi) is 4.29. The van der Waals surface area contributed by atoms with Crippen LogP contribution >= 0.6 is 11.3 Å². The number of nitrogens with one attached hydrogen (secondary N) is 1. The van der Waals surface area contributed by atoms with Gasteiger partial charge in [0.1, 0.15) is 5.78 Å². The maximum absolute atomic E-state index is 12.1. The van der Waals surface area contributed by atoms with Crippen LogP contribution in [0, 0.1) is 0 Å². The fraction of sp³-hybridized carbons (Fsp3) is 0.692. The van der Waals surface area contributed by atoms with E-state index in [2.05, 4.69) is 10.3 Å². The lowest BCUT2D eigenvalue weighted by molar-refractivity contribution is -0.120. The summed E-state index contributed by atoms with van der Waals surface area (Å²) in [6.45, 7) is 0. The predicted molar refractivity (Wildman–Crippen MR) is 70.3 cm³/mol. The summed E-state index contributed by atoms with van der Waals surface area (Å²) >= 11 is 1.57. The van der Waals surface area contributed by atoms with Gasteiger partial charge in [0.15, 0.2) is 0 Å². The summed E-state index contributed by atoms with van der Waals surface area (Å²) in [4.78, 5) is 17.2. The molecule has 0 atom stereocenters. The van der Waals surface area contributed by atoms with Crippen molar-refractivity contribution in [3.8, 4) is 0 Å². The van der Waals surface area contributed by atoms with Gasteiger partial charge in [-0.2, -0.15) is 0 Å². The number of aromatic nitrogens is 1. The van der Waals surface area contributed by atoms with Crippen molar-refractivity contribution in [2.75, 3.05) is 7.05 Å². The largest absolute Gasteiger partial charge is 0.314 e. The highest BCUT2D eigenvalue weighted by Gasteiger charge is 2.32. The molecule has 17 heavy (non-hydrogen) atoms. The lowest BCUT2D eigenvalue weighted by Gasteiger charge is -2.36. The van der Waals surface area contributed by atoms with E-state index in [0.29, 0.717) is 18.6 Å². The molecule has 1 N–H and O–H groups in total. The van der Waals surface area contributed by atoms with Gasteiger partial charge in [-0.25, -0.2) is 0 Å². The maximum Gasteiger partial charge on any atom is 0.139 e. The van der Waals surface area contributed by atoms with Crippen LogP contribution in [-0.4, -0.2) is 23.4 Å². The average Bonchev–Trinajstić information content (AvgIpc) is 2.83. The zero-order chi connectivity index (χ0) is 12.1. The highest BCUT2D eigenvalue weighted by molar-refractivity contribution is 7.09. The highest BCUT2D eigenvalue weighted by Crippen LogP contribution is 2.31. The first-order valence-corrected chi connectivity index (χ1v) is 7.20. The number of carbonyl (C=O) groups is 1. The quantitative estimate of drug-likeness (QED) is 0.875. The Balaban J connectivity index is 1.91. The van der Waals surface area contributed by atoms with E-state index in [4.69, 9.17) is 0 Å². The van der Waals surface area contributed by atoms with Crippen molar-refractivity contribution in [3.63, 3.8) is 0 Å². The number of thiazole rings is 1. The smallest absolute Gasteiger partial charge is 0.139 e. The van der Waals surface area contributed by atoms with E-state index < -0.39 is 0 Å². The summed E-state index contributed by atoms with van der Waals surface area (Å²) in [7, 11) is 1.99. The lowest BCUT2D eigenvalue weighted by atomic mass is 9.78. The van der Waals surface area contributed by atoms with Gasteiger partial charge in [0.25, 0.3) is 0 Å². The van der Waals surface area contributed by atoms with Crippen LogP contribution < -0.4 is 5.32 Å². The Labute approximate surface area is 107 Å². The number of nitrogens with zero attached hydrogens (tertiary/aromatic N) is 1. The zero-order valence-corrected chi connectivity index (χ0v) is 11.2. The molecule has 0 unspecified atom stereocenters. The van der Waals surface area contributed by atoms with Gasteiger partial charge >= 0.3 is 0 Å². The Morgan fingerprint density at radius 3 is 2.82 bits per heavy atom. The Morgan fingerprint density at radius 2 is 2.24 bits per heavy atom. The van der Waals surface area contributed by atoms with Crippen molar-refractivity contribution in [3.05, 3.63) is 16.6 Å². The molecule has 0 spiro atoms. The molecule has 1 aromatic heterocycles. The molecule has 94 valence electrons. The third kappa shape index (κ3) is 3.36. The molecule has 0 aromatic carbocycles. The van der Waals surface area contributed by atoms with Crippen molar-refractivity contribution in [2.24, 2.45) is 0 Å². The third-order valence-electron chi connectivity index (χ3n) is 3.73. The van der Waals surface area contributed by atoms with E-state index >= 15 is 0 Å². The van der Waals surface area contributed by atoms with Gasteiger partial charge in [-0.15, -0.1) is 11.3 Å². The third-order valence-corrected chi connectivity index (χ3v) is 4.51. The zero-order valence-electron chi connectivity index (χ0n) is 10.4. The summed E-state index contributed by atoms with van der Waals surface area (Å²) in [6, 6.07) is 0. The van der Waals surface area contributed by atoms with Crippen LogP contribution in [0.5, 0.6) is 0 Å². The van der Waals surface area contributed by atoms with E-state index in [1.165, 1.54) is 19.3 Å². The predicted octanol–water partition coefficient (Wildman–Crippen LogP) is 2.57. The van der Waals surface area contributed by atoms with Crippen molar-refractivity contribution >= 4 is 17.1 Å². The molecule has 0 saturated heterocycles. The molecule has 1 aromatic rings. The number of carbonyl (C=O) groups excluding carboxylic acids is 1. The molecule has 0 aliphatic heterocycles. The van der Waals surface area contributed by atoms with Crippen LogP contribution in [0.4, 0.5) is 0 Å². The molecular formula is C13H20N2OS. The second-order valence-corrected chi connectivity index (χ2v) is 5.92. The van der Waals surface area contributed by atoms with Crippen LogP contribution in [0.3, 0.4) is 0 Å². The lowest BCUT2D eigenvalue weighted by Crippen LogP contribution is -2.46. The minimum Gasteiger partial charge on any atom is -0.314 e. The van der Waals surface area contributed by atoms with Crippen LogP contribution in [0.15, 0.2) is 11.7 Å². The van der Waals surface area contributed by atoms with E-state index in [1.54, 1.807) is 23.0 Å². The average molecular weight is 252 g/mol. The Hall–Kier alpha value is -0.740. The molecule has 1 heterocycles. The Morgan fingerprint density at radius 1 is 1.47 bits per heavy atom. The second-order valence-electron chi connectivity index (χ2n) is 4.95. The number of Topliss-reactive ketones (excluding diaryl/α,β-unsaturated/α-hetero) is 1. The molecule has 0 radical (unpaired) electrons. The second kappa shape index (κ2) is 5.74. The van der Waals surface area contributed by atoms with Gasteiger partial charge < -0.3 is 5.32 Å². The molecule has 4 heteroatoms. The minimum absolute atomic E-state index is 0.0695. The molecule has 0 bridgehead atoms. The number of hydrogen-bond donors (Lipinski definition) is 1. The summed E-state index contributed by atoms with van der Waals surface area (Å²) in [5.74, 6) is 0.338. The van der Waals surface area contributed by atoms with Crippen LogP contribution in [0.25, 0.3) is 0 Å². The van der Waals surface area contributed by atoms with Crippen LogP contribution in [-0.2, 0) is 11.2 Å². The summed E-state index contributed by atoms with van der Waals surface area (Å²) in [5, 5.41) is 3.39. The molecule has 2 rings (SSSR count). The van der Waals surface area contributed by atoms with Gasteiger partial charge in [-0.1, -0.05) is 19.3 Å². The Bertz CT molecular complexity index is 356. The fourth-order valence-corrected chi connectivity index (χ4v) is 3.33. The van der Waals surface area contributed by atoms with Gasteiger partial charge in [0.2, 0.25) is 0 Å². The van der Waals surface area contributed by atoms with E-state index in [1.807, 2.05) is 7.05 Å². The van der Waals surface area contributed by atoms with Crippen molar-refractivity contribution in [1.82, 2.24) is 10.3 Å². The number of ketones is 1. The van der Waals surface area contributed by atoms with Crippen molar-refractivity contribution in [1.29, 1.82) is 0 Å². The molecule has 1 aliphatic carbocycles. The first-order chi connectivity index (χ1) is 8.24. The molecular weight excluding hydrogens is 232 g/mol. The SMILES string of the molecule is CNC1(CC(=O)Cc2cncs2)CCCCC1. The van der Waals surface area contributed by atoms with Gasteiger partial charge in [-0.3, -0.25) is 9.78 Å². The van der Waals surface area contributed by atoms with Gasteiger partial charge in [0, 0.05) is 29.5 Å². The van der Waals surface area contributed by atoms with Crippen molar-refractivity contribution < 1.29 is 4.79 Å². The molecule has 3 nitrogen and oxygen atoms in total. The van der Waals surface area contributed by atoms with Crippen LogP contribution in [0.1, 0.15) is 43.4 Å². The molecule has 1 saturated carbocycles. The summed E-state index contributed by atoms with van der Waals surface area (Å²) in [5.41, 5.74) is 1.86. The summed E-state index contributed by atoms with van der Waals surface area (Å²) < 4.78 is 0. The highest BCUT2D eigenvalue weighted by atomic mass is 32.1. The fourth-order valence-electron chi connectivity index (χ4n) is 2.71. The topological polar surface area (TPSA) is 42.0 Å². The first kappa shape index (κ1) is 12.7. The first-order valence-electron chi connectivity index (χ1n) is 6.32. The molecule has 1 aliphatic rings. The monoisotopic (exact) mass is 252 g/mol. The maximum atomic E-state index is 12.1.